The van der Waals surface area contributed by atoms with Crippen LogP contribution in [0.5, 0.6) is 0 Å². The second kappa shape index (κ2) is 9.56. The quantitative estimate of drug-likeness (QED) is 0.852. The van der Waals surface area contributed by atoms with Crippen molar-refractivity contribution in [1.29, 1.82) is 0 Å². The van der Waals surface area contributed by atoms with E-state index >= 15 is 0 Å². The highest BCUT2D eigenvalue weighted by Gasteiger charge is 2.21. The van der Waals surface area contributed by atoms with Gasteiger partial charge in [-0.15, -0.1) is 24.8 Å². The molecule has 0 radical (unpaired) electrons. The Morgan fingerprint density at radius 3 is 2.62 bits per heavy atom. The van der Waals surface area contributed by atoms with Crippen LogP contribution in [0.4, 0.5) is 5.95 Å². The first kappa shape index (κ1) is 20.3. The molecule has 0 aliphatic carbocycles. The van der Waals surface area contributed by atoms with E-state index in [1.54, 1.807) is 6.26 Å². The van der Waals surface area contributed by atoms with Crippen molar-refractivity contribution in [3.8, 4) is 0 Å². The van der Waals surface area contributed by atoms with Crippen molar-refractivity contribution in [2.24, 2.45) is 7.05 Å². The number of aromatic nitrogens is 2. The number of hydrogen-bond acceptors (Lipinski definition) is 5. The van der Waals surface area contributed by atoms with E-state index in [9.17, 15) is 4.79 Å². The molecule has 9 heteroatoms. The lowest BCUT2D eigenvalue weighted by atomic mass is 10.3. The van der Waals surface area contributed by atoms with Gasteiger partial charge in [0.1, 0.15) is 5.76 Å². The van der Waals surface area contributed by atoms with Gasteiger partial charge in [-0.2, -0.15) is 0 Å². The Bertz CT molecular complexity index is 609. The summed E-state index contributed by atoms with van der Waals surface area (Å²) in [6.45, 7) is 4.36. The summed E-state index contributed by atoms with van der Waals surface area (Å²) in [6, 6.07) is 3.67. The zero-order chi connectivity index (χ0) is 15.4. The Morgan fingerprint density at radius 1 is 1.29 bits per heavy atom. The second-order valence-corrected chi connectivity index (χ2v) is 5.46. The van der Waals surface area contributed by atoms with Crippen molar-refractivity contribution in [3.63, 3.8) is 0 Å². The Kier molecular flexibility index (Phi) is 8.10. The van der Waals surface area contributed by atoms with Crippen LogP contribution in [0.3, 0.4) is 0 Å². The van der Waals surface area contributed by atoms with Crippen molar-refractivity contribution < 1.29 is 9.21 Å². The van der Waals surface area contributed by atoms with Crippen LogP contribution >= 0.6 is 24.8 Å². The zero-order valence-electron chi connectivity index (χ0n) is 13.6. The van der Waals surface area contributed by atoms with Gasteiger partial charge in [-0.25, -0.2) is 4.98 Å². The van der Waals surface area contributed by atoms with E-state index < -0.39 is 0 Å². The lowest BCUT2D eigenvalue weighted by Crippen LogP contribution is -2.50. The van der Waals surface area contributed by atoms with E-state index in [0.717, 1.165) is 37.9 Å². The van der Waals surface area contributed by atoms with E-state index in [1.807, 2.05) is 36.1 Å². The lowest BCUT2D eigenvalue weighted by Gasteiger charge is -2.34. The number of carbonyl (C=O) groups excluding carboxylic acids is 1. The number of imidazole rings is 1. The van der Waals surface area contributed by atoms with Gasteiger partial charge in [0.2, 0.25) is 11.9 Å². The number of anilines is 1. The molecule has 24 heavy (non-hydrogen) atoms. The number of rotatable bonds is 5. The molecule has 2 aromatic rings. The van der Waals surface area contributed by atoms with Crippen LogP contribution in [0.25, 0.3) is 0 Å². The average Bonchev–Trinajstić information content (AvgIpc) is 3.17. The smallest absolute Gasteiger partial charge is 0.234 e. The normalized spacial score (nSPS) is 14.6. The first-order valence-corrected chi connectivity index (χ1v) is 7.46. The molecule has 0 bridgehead atoms. The largest absolute Gasteiger partial charge is 0.467 e. The maximum atomic E-state index is 11.9. The molecule has 0 saturated carbocycles. The van der Waals surface area contributed by atoms with Crippen molar-refractivity contribution in [2.75, 3.05) is 37.6 Å². The molecule has 3 heterocycles. The number of nitrogens with zero attached hydrogens (tertiary/aromatic N) is 4. The molecule has 0 atom stereocenters. The number of amides is 1. The van der Waals surface area contributed by atoms with E-state index in [4.69, 9.17) is 4.42 Å². The maximum absolute atomic E-state index is 11.9. The molecule has 0 aromatic carbocycles. The van der Waals surface area contributed by atoms with E-state index in [2.05, 4.69) is 20.1 Å². The second-order valence-electron chi connectivity index (χ2n) is 5.46. The first-order chi connectivity index (χ1) is 10.7. The summed E-state index contributed by atoms with van der Waals surface area (Å²) < 4.78 is 7.22. The van der Waals surface area contributed by atoms with Crippen molar-refractivity contribution in [2.45, 2.75) is 6.54 Å². The summed E-state index contributed by atoms with van der Waals surface area (Å²) >= 11 is 0. The minimum Gasteiger partial charge on any atom is -0.467 e. The maximum Gasteiger partial charge on any atom is 0.234 e. The van der Waals surface area contributed by atoms with Crippen LogP contribution in [-0.2, 0) is 18.4 Å². The molecule has 2 aromatic heterocycles. The van der Waals surface area contributed by atoms with Crippen LogP contribution in [-0.4, -0.2) is 53.1 Å². The van der Waals surface area contributed by atoms with Crippen molar-refractivity contribution in [3.05, 3.63) is 36.5 Å². The molecule has 0 unspecified atom stereocenters. The topological polar surface area (TPSA) is 66.5 Å². The Morgan fingerprint density at radius 2 is 2.04 bits per heavy atom. The summed E-state index contributed by atoms with van der Waals surface area (Å²) in [6.07, 6.45) is 5.37. The van der Waals surface area contributed by atoms with E-state index in [-0.39, 0.29) is 30.7 Å². The van der Waals surface area contributed by atoms with Crippen LogP contribution in [0.2, 0.25) is 0 Å². The summed E-state index contributed by atoms with van der Waals surface area (Å²) in [5.41, 5.74) is 0. The molecule has 1 saturated heterocycles. The first-order valence-electron chi connectivity index (χ1n) is 7.46. The fourth-order valence-electron chi connectivity index (χ4n) is 2.63. The zero-order valence-corrected chi connectivity index (χ0v) is 15.2. The molecule has 1 aliphatic heterocycles. The number of halogens is 2. The average molecular weight is 376 g/mol. The number of hydrogen-bond donors (Lipinski definition) is 1. The Balaban J connectivity index is 0.00000144. The van der Waals surface area contributed by atoms with Gasteiger partial charge < -0.3 is 19.2 Å². The molecule has 134 valence electrons. The fourth-order valence-corrected chi connectivity index (χ4v) is 2.63. The highest BCUT2D eigenvalue weighted by atomic mass is 35.5. The monoisotopic (exact) mass is 375 g/mol. The summed E-state index contributed by atoms with van der Waals surface area (Å²) in [4.78, 5) is 20.7. The number of nitrogens with one attached hydrogen (secondary N) is 1. The molecule has 1 amide bonds. The highest BCUT2D eigenvalue weighted by Crippen LogP contribution is 2.12. The highest BCUT2D eigenvalue weighted by molar-refractivity contribution is 5.85. The Labute approximate surface area is 153 Å². The number of carbonyl (C=O) groups is 1. The van der Waals surface area contributed by atoms with Crippen LogP contribution in [0.1, 0.15) is 5.76 Å². The predicted octanol–water partition coefficient (Wildman–Crippen LogP) is 1.30. The molecule has 1 fully saturated rings. The van der Waals surface area contributed by atoms with Crippen molar-refractivity contribution in [1.82, 2.24) is 19.8 Å². The number of furan rings is 1. The standard InChI is InChI=1S/C15H21N5O2.2ClH/c1-18-5-4-16-15(18)20-8-6-19(7-9-20)12-14(21)17-11-13-3-2-10-22-13;;/h2-5,10H,6-9,11-12H2,1H3,(H,17,21);2*1H. The summed E-state index contributed by atoms with van der Waals surface area (Å²) in [5.74, 6) is 1.79. The minimum atomic E-state index is 0. The van der Waals surface area contributed by atoms with Gasteiger partial charge in [-0.1, -0.05) is 0 Å². The molecule has 1 N–H and O–H groups in total. The number of piperazine rings is 1. The molecular weight excluding hydrogens is 353 g/mol. The summed E-state index contributed by atoms with van der Waals surface area (Å²) in [7, 11) is 2.00. The van der Waals surface area contributed by atoms with E-state index in [1.165, 1.54) is 0 Å². The molecular formula is C15H23Cl2N5O2. The van der Waals surface area contributed by atoms with Crippen LogP contribution < -0.4 is 10.2 Å². The van der Waals surface area contributed by atoms with Gasteiger partial charge in [0.25, 0.3) is 0 Å². The van der Waals surface area contributed by atoms with Gasteiger partial charge in [-0.05, 0) is 12.1 Å². The van der Waals surface area contributed by atoms with E-state index in [0.29, 0.717) is 13.1 Å². The van der Waals surface area contributed by atoms with Gasteiger partial charge in [0, 0.05) is 45.6 Å². The summed E-state index contributed by atoms with van der Waals surface area (Å²) in [5, 5.41) is 2.88. The third-order valence-corrected chi connectivity index (χ3v) is 3.86. The van der Waals surface area contributed by atoms with Gasteiger partial charge in [-0.3, -0.25) is 9.69 Å². The van der Waals surface area contributed by atoms with Gasteiger partial charge in [0.15, 0.2) is 0 Å². The Hall–Kier alpha value is -1.70. The van der Waals surface area contributed by atoms with Gasteiger partial charge >= 0.3 is 0 Å². The molecule has 1 aliphatic rings. The SMILES string of the molecule is Cl.Cl.Cn1ccnc1N1CCN(CC(=O)NCc2ccco2)CC1. The lowest BCUT2D eigenvalue weighted by molar-refractivity contribution is -0.122. The minimum absolute atomic E-state index is 0. The third kappa shape index (κ3) is 5.15. The van der Waals surface area contributed by atoms with Gasteiger partial charge in [0.05, 0.1) is 19.4 Å². The van der Waals surface area contributed by atoms with Crippen LogP contribution in [0.15, 0.2) is 35.2 Å². The number of aryl methyl sites for hydroxylation is 1. The third-order valence-electron chi connectivity index (χ3n) is 3.86. The fraction of sp³-hybridized carbons (Fsp3) is 0.467. The van der Waals surface area contributed by atoms with Crippen LogP contribution in [0, 0.1) is 0 Å². The van der Waals surface area contributed by atoms with Crippen molar-refractivity contribution >= 4 is 36.7 Å². The molecule has 0 spiro atoms. The molecule has 3 rings (SSSR count). The predicted molar refractivity (Wildman–Crippen MR) is 96.9 cm³/mol. The molecule has 7 nitrogen and oxygen atoms in total.